The first-order valence-electron chi connectivity index (χ1n) is 7.91. The van der Waals surface area contributed by atoms with Crippen molar-refractivity contribution in [3.05, 3.63) is 108 Å². The van der Waals surface area contributed by atoms with Crippen LogP contribution in [-0.2, 0) is 0 Å². The molecule has 2 nitrogen and oxygen atoms in total. The van der Waals surface area contributed by atoms with Gasteiger partial charge in [-0.1, -0.05) is 91.0 Å². The molecule has 1 aliphatic rings. The predicted molar refractivity (Wildman–Crippen MR) is 94.5 cm³/mol. The Morgan fingerprint density at radius 2 is 1.13 bits per heavy atom. The van der Waals surface area contributed by atoms with E-state index in [4.69, 9.17) is 4.99 Å². The van der Waals surface area contributed by atoms with Crippen molar-refractivity contribution in [2.45, 2.75) is 12.2 Å². The van der Waals surface area contributed by atoms with Gasteiger partial charge in [-0.2, -0.15) is 0 Å². The monoisotopic (exact) mass is 298 g/mol. The standard InChI is InChI=1S/C21H18N2/c1-4-10-16(11-5-1)19-20(17-12-6-2-7-13-17)23-21(22-19)18-14-8-3-9-15-18/h1-15,19,21-22H/t19-,21-/m1/s1. The van der Waals surface area contributed by atoms with Crippen molar-refractivity contribution in [2.75, 3.05) is 0 Å². The first kappa shape index (κ1) is 13.9. The molecule has 23 heavy (non-hydrogen) atoms. The molecule has 0 amide bonds. The third kappa shape index (κ3) is 2.81. The second-order valence-corrected chi connectivity index (χ2v) is 5.70. The van der Waals surface area contributed by atoms with Crippen molar-refractivity contribution in [3.63, 3.8) is 0 Å². The average molecular weight is 298 g/mol. The molecule has 0 bridgehead atoms. The van der Waals surface area contributed by atoms with E-state index in [2.05, 4.69) is 78.1 Å². The van der Waals surface area contributed by atoms with Crippen LogP contribution in [-0.4, -0.2) is 5.71 Å². The van der Waals surface area contributed by atoms with Crippen molar-refractivity contribution >= 4 is 5.71 Å². The molecule has 1 N–H and O–H groups in total. The van der Waals surface area contributed by atoms with Crippen molar-refractivity contribution in [3.8, 4) is 0 Å². The van der Waals surface area contributed by atoms with Gasteiger partial charge in [0.2, 0.25) is 0 Å². The highest BCUT2D eigenvalue weighted by atomic mass is 15.2. The van der Waals surface area contributed by atoms with Gasteiger partial charge in [0.1, 0.15) is 6.17 Å². The SMILES string of the molecule is c1ccc(C2=N[C@H](c3ccccc3)N[C@@H]2c2ccccc2)cc1. The molecule has 0 radical (unpaired) electrons. The number of rotatable bonds is 3. The largest absolute Gasteiger partial charge is 0.280 e. The highest BCUT2D eigenvalue weighted by Gasteiger charge is 2.30. The maximum atomic E-state index is 4.99. The van der Waals surface area contributed by atoms with Gasteiger partial charge in [0.15, 0.2) is 0 Å². The van der Waals surface area contributed by atoms with E-state index in [-0.39, 0.29) is 12.2 Å². The molecule has 0 unspecified atom stereocenters. The number of aliphatic imine (C=N–C) groups is 1. The summed E-state index contributed by atoms with van der Waals surface area (Å²) in [5, 5.41) is 3.67. The van der Waals surface area contributed by atoms with Crippen LogP contribution in [0.5, 0.6) is 0 Å². The second-order valence-electron chi connectivity index (χ2n) is 5.70. The van der Waals surface area contributed by atoms with Gasteiger partial charge in [0, 0.05) is 0 Å². The van der Waals surface area contributed by atoms with Crippen LogP contribution in [0, 0.1) is 0 Å². The zero-order valence-electron chi connectivity index (χ0n) is 12.8. The molecule has 2 heteroatoms. The summed E-state index contributed by atoms with van der Waals surface area (Å²) < 4.78 is 0. The number of hydrogen-bond acceptors (Lipinski definition) is 2. The molecule has 4 rings (SSSR count). The minimum Gasteiger partial charge on any atom is -0.280 e. The molecule has 2 atom stereocenters. The van der Waals surface area contributed by atoms with Crippen molar-refractivity contribution in [2.24, 2.45) is 4.99 Å². The topological polar surface area (TPSA) is 24.4 Å². The predicted octanol–water partition coefficient (Wildman–Crippen LogP) is 4.52. The molecule has 0 aromatic heterocycles. The van der Waals surface area contributed by atoms with Gasteiger partial charge in [-0.25, -0.2) is 0 Å². The van der Waals surface area contributed by atoms with Crippen LogP contribution in [0.3, 0.4) is 0 Å². The normalized spacial score (nSPS) is 20.3. The molecule has 3 aromatic carbocycles. The van der Waals surface area contributed by atoms with E-state index in [1.54, 1.807) is 0 Å². The summed E-state index contributed by atoms with van der Waals surface area (Å²) in [6.07, 6.45) is -0.00314. The lowest BCUT2D eigenvalue weighted by Gasteiger charge is -2.16. The Morgan fingerprint density at radius 3 is 1.74 bits per heavy atom. The highest BCUT2D eigenvalue weighted by Crippen LogP contribution is 2.31. The first-order valence-corrected chi connectivity index (χ1v) is 7.91. The van der Waals surface area contributed by atoms with Crippen molar-refractivity contribution < 1.29 is 0 Å². The lowest BCUT2D eigenvalue weighted by molar-refractivity contribution is 0.574. The molecular weight excluding hydrogens is 280 g/mol. The molecule has 0 saturated carbocycles. The summed E-state index contributed by atoms with van der Waals surface area (Å²) in [5.41, 5.74) is 4.71. The van der Waals surface area contributed by atoms with E-state index in [0.717, 1.165) is 5.71 Å². The van der Waals surface area contributed by atoms with Crippen molar-refractivity contribution in [1.29, 1.82) is 0 Å². The maximum absolute atomic E-state index is 4.99. The van der Waals surface area contributed by atoms with Crippen LogP contribution in [0.4, 0.5) is 0 Å². The number of nitrogens with one attached hydrogen (secondary N) is 1. The van der Waals surface area contributed by atoms with Gasteiger partial charge in [0.25, 0.3) is 0 Å². The molecule has 1 aliphatic heterocycles. The van der Waals surface area contributed by atoms with Crippen LogP contribution in [0.1, 0.15) is 28.9 Å². The highest BCUT2D eigenvalue weighted by molar-refractivity contribution is 6.06. The van der Waals surface area contributed by atoms with Crippen LogP contribution >= 0.6 is 0 Å². The third-order valence-corrected chi connectivity index (χ3v) is 4.18. The smallest absolute Gasteiger partial charge is 0.126 e. The zero-order chi connectivity index (χ0) is 15.5. The maximum Gasteiger partial charge on any atom is 0.126 e. The van der Waals surface area contributed by atoms with Gasteiger partial charge in [-0.15, -0.1) is 0 Å². The van der Waals surface area contributed by atoms with Gasteiger partial charge in [-0.05, 0) is 16.7 Å². The minimum absolute atomic E-state index is 0.00314. The number of nitrogens with zero attached hydrogens (tertiary/aromatic N) is 1. The Kier molecular flexibility index (Phi) is 3.75. The summed E-state index contributed by atoms with van der Waals surface area (Å²) in [7, 11) is 0. The van der Waals surface area contributed by atoms with Gasteiger partial charge >= 0.3 is 0 Å². The first-order chi connectivity index (χ1) is 11.4. The van der Waals surface area contributed by atoms with E-state index >= 15 is 0 Å². The summed E-state index contributed by atoms with van der Waals surface area (Å²) in [6.45, 7) is 0. The van der Waals surface area contributed by atoms with Crippen LogP contribution in [0.2, 0.25) is 0 Å². The molecular formula is C21H18N2. The Hall–Kier alpha value is -2.71. The molecule has 1 heterocycles. The fourth-order valence-corrected chi connectivity index (χ4v) is 3.04. The molecule has 112 valence electrons. The number of hydrogen-bond donors (Lipinski definition) is 1. The fraction of sp³-hybridized carbons (Fsp3) is 0.0952. The molecule has 0 spiro atoms. The lowest BCUT2D eigenvalue weighted by atomic mass is 9.97. The summed E-state index contributed by atoms with van der Waals surface area (Å²) in [6, 6.07) is 31.5. The summed E-state index contributed by atoms with van der Waals surface area (Å²) >= 11 is 0. The van der Waals surface area contributed by atoms with E-state index in [1.807, 2.05) is 18.2 Å². The quantitative estimate of drug-likeness (QED) is 0.755. The van der Waals surface area contributed by atoms with Gasteiger partial charge in [0.05, 0.1) is 11.8 Å². The zero-order valence-corrected chi connectivity index (χ0v) is 12.8. The average Bonchev–Trinajstić information content (AvgIpc) is 3.09. The van der Waals surface area contributed by atoms with E-state index in [1.165, 1.54) is 16.7 Å². The Labute approximate surface area is 136 Å². The Bertz CT molecular complexity index is 795. The minimum atomic E-state index is -0.00314. The molecule has 0 fully saturated rings. The molecule has 0 aliphatic carbocycles. The summed E-state index contributed by atoms with van der Waals surface area (Å²) in [5.74, 6) is 0. The third-order valence-electron chi connectivity index (χ3n) is 4.18. The number of benzene rings is 3. The Balaban J connectivity index is 1.76. The van der Waals surface area contributed by atoms with Crippen molar-refractivity contribution in [1.82, 2.24) is 5.32 Å². The Morgan fingerprint density at radius 1 is 0.609 bits per heavy atom. The van der Waals surface area contributed by atoms with Gasteiger partial charge < -0.3 is 0 Å². The van der Waals surface area contributed by atoms with E-state index in [0.29, 0.717) is 0 Å². The van der Waals surface area contributed by atoms with Gasteiger partial charge in [-0.3, -0.25) is 10.3 Å². The lowest BCUT2D eigenvalue weighted by Crippen LogP contribution is -2.23. The molecule has 3 aromatic rings. The van der Waals surface area contributed by atoms with E-state index in [9.17, 15) is 0 Å². The van der Waals surface area contributed by atoms with Crippen LogP contribution < -0.4 is 5.32 Å². The fourth-order valence-electron chi connectivity index (χ4n) is 3.04. The molecule has 0 saturated heterocycles. The summed E-state index contributed by atoms with van der Waals surface area (Å²) in [4.78, 5) is 4.99. The van der Waals surface area contributed by atoms with E-state index < -0.39 is 0 Å². The van der Waals surface area contributed by atoms with Crippen LogP contribution in [0.25, 0.3) is 0 Å². The second kappa shape index (κ2) is 6.19. The van der Waals surface area contributed by atoms with Crippen LogP contribution in [0.15, 0.2) is 96.0 Å².